The number of nitrogen functional groups attached to an aromatic ring is 1. The van der Waals surface area contributed by atoms with Crippen LogP contribution in [0.2, 0.25) is 0 Å². The van der Waals surface area contributed by atoms with Crippen molar-refractivity contribution in [1.29, 1.82) is 0 Å². The number of halogens is 1. The van der Waals surface area contributed by atoms with Crippen LogP contribution in [-0.4, -0.2) is 19.7 Å². The van der Waals surface area contributed by atoms with E-state index in [1.165, 1.54) is 0 Å². The quantitative estimate of drug-likeness (QED) is 0.586. The summed E-state index contributed by atoms with van der Waals surface area (Å²) < 4.78 is 2.89. The van der Waals surface area contributed by atoms with Crippen molar-refractivity contribution >= 4 is 32.8 Å². The number of nitrogens with zero attached hydrogens (tertiary/aromatic N) is 4. The third kappa shape index (κ3) is 2.65. The Kier molecular flexibility index (Phi) is 3.74. The standard InChI is InChI=1S/C18H14BrN5/c19-15-9-5-4-8-13(15)11-24-18-14(10-21-24)16(20)22-17(23-18)12-6-2-1-3-7-12/h1-10H,11H2,(H2,20,22,23). The molecule has 0 atom stereocenters. The molecule has 2 heterocycles. The molecule has 2 aromatic carbocycles. The molecule has 0 fully saturated rings. The van der Waals surface area contributed by atoms with Gasteiger partial charge in [0, 0.05) is 10.0 Å². The van der Waals surface area contributed by atoms with E-state index < -0.39 is 0 Å². The van der Waals surface area contributed by atoms with E-state index in [1.807, 2.05) is 53.2 Å². The van der Waals surface area contributed by atoms with Gasteiger partial charge in [-0.1, -0.05) is 64.5 Å². The van der Waals surface area contributed by atoms with Gasteiger partial charge < -0.3 is 5.73 Å². The monoisotopic (exact) mass is 379 g/mol. The number of hydrogen-bond acceptors (Lipinski definition) is 4. The number of aromatic nitrogens is 4. The van der Waals surface area contributed by atoms with Crippen LogP contribution in [0.5, 0.6) is 0 Å². The minimum Gasteiger partial charge on any atom is -0.383 e. The summed E-state index contributed by atoms with van der Waals surface area (Å²) in [6, 6.07) is 17.9. The molecule has 4 rings (SSSR count). The number of benzene rings is 2. The van der Waals surface area contributed by atoms with Gasteiger partial charge in [-0.15, -0.1) is 0 Å². The molecule has 0 saturated carbocycles. The number of fused-ring (bicyclic) bond motifs is 1. The van der Waals surface area contributed by atoms with Gasteiger partial charge in [-0.25, -0.2) is 14.6 Å². The Morgan fingerprint density at radius 3 is 2.50 bits per heavy atom. The van der Waals surface area contributed by atoms with Crippen molar-refractivity contribution in [1.82, 2.24) is 19.7 Å². The molecule has 5 nitrogen and oxygen atoms in total. The minimum absolute atomic E-state index is 0.442. The summed E-state index contributed by atoms with van der Waals surface area (Å²) in [5, 5.41) is 5.21. The Morgan fingerprint density at radius 1 is 0.958 bits per heavy atom. The molecule has 0 amide bonds. The molecule has 24 heavy (non-hydrogen) atoms. The van der Waals surface area contributed by atoms with Crippen LogP contribution in [0.3, 0.4) is 0 Å². The van der Waals surface area contributed by atoms with Gasteiger partial charge in [0.1, 0.15) is 5.82 Å². The first-order chi connectivity index (χ1) is 11.7. The van der Waals surface area contributed by atoms with Crippen LogP contribution in [0.15, 0.2) is 65.3 Å². The molecule has 0 aliphatic carbocycles. The second kappa shape index (κ2) is 6.05. The first-order valence-corrected chi connectivity index (χ1v) is 8.29. The van der Waals surface area contributed by atoms with Crippen LogP contribution in [0.25, 0.3) is 22.4 Å². The number of nitrogens with two attached hydrogens (primary N) is 1. The van der Waals surface area contributed by atoms with E-state index >= 15 is 0 Å². The van der Waals surface area contributed by atoms with Crippen LogP contribution in [-0.2, 0) is 6.54 Å². The first kappa shape index (κ1) is 14.8. The normalized spacial score (nSPS) is 11.0. The van der Waals surface area contributed by atoms with Gasteiger partial charge in [-0.05, 0) is 11.6 Å². The SMILES string of the molecule is Nc1nc(-c2ccccc2)nc2c1cnn2Cc1ccccc1Br. The van der Waals surface area contributed by atoms with Gasteiger partial charge in [-0.2, -0.15) is 5.10 Å². The zero-order valence-corrected chi connectivity index (χ0v) is 14.3. The highest BCUT2D eigenvalue weighted by Gasteiger charge is 2.13. The Bertz CT molecular complexity index is 1010. The molecule has 6 heteroatoms. The van der Waals surface area contributed by atoms with Crippen LogP contribution in [0.1, 0.15) is 5.56 Å². The number of hydrogen-bond donors (Lipinski definition) is 1. The van der Waals surface area contributed by atoms with E-state index in [-0.39, 0.29) is 0 Å². The van der Waals surface area contributed by atoms with Gasteiger partial charge in [0.25, 0.3) is 0 Å². The average molecular weight is 380 g/mol. The van der Waals surface area contributed by atoms with E-state index in [1.54, 1.807) is 6.20 Å². The molecule has 2 N–H and O–H groups in total. The maximum atomic E-state index is 6.12. The van der Waals surface area contributed by atoms with E-state index in [2.05, 4.69) is 37.1 Å². The lowest BCUT2D eigenvalue weighted by Gasteiger charge is -2.07. The molecule has 0 bridgehead atoms. The molecule has 0 aliphatic rings. The molecular weight excluding hydrogens is 366 g/mol. The highest BCUT2D eigenvalue weighted by Crippen LogP contribution is 2.24. The maximum Gasteiger partial charge on any atom is 0.164 e. The van der Waals surface area contributed by atoms with Crippen molar-refractivity contribution < 1.29 is 0 Å². The third-order valence-corrected chi connectivity index (χ3v) is 4.61. The third-order valence-electron chi connectivity index (χ3n) is 3.84. The summed E-state index contributed by atoms with van der Waals surface area (Å²) in [6.07, 6.45) is 1.72. The molecule has 118 valence electrons. The zero-order valence-electron chi connectivity index (χ0n) is 12.7. The Balaban J connectivity index is 1.83. The Hall–Kier alpha value is -2.73. The van der Waals surface area contributed by atoms with Crippen molar-refractivity contribution in [3.63, 3.8) is 0 Å². The van der Waals surface area contributed by atoms with Gasteiger partial charge in [0.2, 0.25) is 0 Å². The summed E-state index contributed by atoms with van der Waals surface area (Å²) in [5.41, 5.74) is 8.91. The lowest BCUT2D eigenvalue weighted by molar-refractivity contribution is 0.702. The summed E-state index contributed by atoms with van der Waals surface area (Å²) in [7, 11) is 0. The Morgan fingerprint density at radius 2 is 1.71 bits per heavy atom. The highest BCUT2D eigenvalue weighted by molar-refractivity contribution is 9.10. The number of anilines is 1. The van der Waals surface area contributed by atoms with Gasteiger partial charge in [-0.3, -0.25) is 0 Å². The molecule has 2 aromatic heterocycles. The van der Waals surface area contributed by atoms with E-state index in [4.69, 9.17) is 5.73 Å². The lowest BCUT2D eigenvalue weighted by atomic mass is 10.2. The summed E-state index contributed by atoms with van der Waals surface area (Å²) in [6.45, 7) is 0.607. The largest absolute Gasteiger partial charge is 0.383 e. The van der Waals surface area contributed by atoms with Crippen molar-refractivity contribution in [2.24, 2.45) is 0 Å². The smallest absolute Gasteiger partial charge is 0.164 e. The molecule has 0 unspecified atom stereocenters. The van der Waals surface area contributed by atoms with Crippen molar-refractivity contribution in [3.05, 3.63) is 70.8 Å². The average Bonchev–Trinajstić information content (AvgIpc) is 3.01. The maximum absolute atomic E-state index is 6.12. The summed E-state index contributed by atoms with van der Waals surface area (Å²) in [5.74, 6) is 1.05. The fourth-order valence-corrected chi connectivity index (χ4v) is 3.01. The van der Waals surface area contributed by atoms with Crippen molar-refractivity contribution in [2.75, 3.05) is 5.73 Å². The van der Waals surface area contributed by atoms with Crippen LogP contribution in [0.4, 0.5) is 5.82 Å². The fraction of sp³-hybridized carbons (Fsp3) is 0.0556. The minimum atomic E-state index is 0.442. The molecule has 0 spiro atoms. The molecule has 0 aliphatic heterocycles. The van der Waals surface area contributed by atoms with Crippen LogP contribution < -0.4 is 5.73 Å². The van der Waals surface area contributed by atoms with Gasteiger partial charge in [0.15, 0.2) is 11.5 Å². The van der Waals surface area contributed by atoms with Crippen LogP contribution >= 0.6 is 15.9 Å². The topological polar surface area (TPSA) is 69.6 Å². The fourth-order valence-electron chi connectivity index (χ4n) is 2.60. The van der Waals surface area contributed by atoms with Crippen molar-refractivity contribution in [2.45, 2.75) is 6.54 Å². The second-order valence-electron chi connectivity index (χ2n) is 5.43. The highest BCUT2D eigenvalue weighted by atomic mass is 79.9. The Labute approximate surface area is 147 Å². The molecule has 0 radical (unpaired) electrons. The summed E-state index contributed by atoms with van der Waals surface area (Å²) in [4.78, 5) is 9.10. The van der Waals surface area contributed by atoms with Crippen molar-refractivity contribution in [3.8, 4) is 11.4 Å². The first-order valence-electron chi connectivity index (χ1n) is 7.50. The summed E-state index contributed by atoms with van der Waals surface area (Å²) >= 11 is 3.57. The molecule has 0 saturated heterocycles. The van der Waals surface area contributed by atoms with Gasteiger partial charge in [0.05, 0.1) is 18.1 Å². The van der Waals surface area contributed by atoms with E-state index in [0.29, 0.717) is 18.2 Å². The number of rotatable bonds is 3. The van der Waals surface area contributed by atoms with Crippen LogP contribution in [0, 0.1) is 0 Å². The van der Waals surface area contributed by atoms with E-state index in [0.717, 1.165) is 26.6 Å². The zero-order chi connectivity index (χ0) is 16.5. The molecular formula is C18H14BrN5. The van der Waals surface area contributed by atoms with Gasteiger partial charge >= 0.3 is 0 Å². The predicted molar refractivity (Wildman–Crippen MR) is 98.4 cm³/mol. The lowest BCUT2D eigenvalue weighted by Crippen LogP contribution is -2.05. The molecule has 4 aromatic rings. The van der Waals surface area contributed by atoms with E-state index in [9.17, 15) is 0 Å². The second-order valence-corrected chi connectivity index (χ2v) is 6.28. The predicted octanol–water partition coefficient (Wildman–Crippen LogP) is 3.89.